The van der Waals surface area contributed by atoms with E-state index >= 15 is 0 Å². The van der Waals surface area contributed by atoms with Crippen molar-refractivity contribution in [1.82, 2.24) is 10.2 Å². The molecule has 0 aromatic rings. The highest BCUT2D eigenvalue weighted by atomic mass is 16.5. The Morgan fingerprint density at radius 2 is 2.18 bits per heavy atom. The molecule has 1 saturated heterocycles. The van der Waals surface area contributed by atoms with E-state index in [4.69, 9.17) is 4.74 Å². The third kappa shape index (κ3) is 4.78. The molecule has 3 heteroatoms. The lowest BCUT2D eigenvalue weighted by Gasteiger charge is -2.38. The molecule has 17 heavy (non-hydrogen) atoms. The summed E-state index contributed by atoms with van der Waals surface area (Å²) in [5, 5.41) is 3.52. The molecule has 0 amide bonds. The van der Waals surface area contributed by atoms with Gasteiger partial charge in [0.25, 0.3) is 0 Å². The van der Waals surface area contributed by atoms with Crippen LogP contribution in [0.2, 0.25) is 0 Å². The lowest BCUT2D eigenvalue weighted by molar-refractivity contribution is -0.0480. The molecule has 0 bridgehead atoms. The minimum Gasteiger partial charge on any atom is -0.374 e. The summed E-state index contributed by atoms with van der Waals surface area (Å²) < 4.78 is 5.93. The van der Waals surface area contributed by atoms with Crippen molar-refractivity contribution in [3.05, 3.63) is 11.6 Å². The molecule has 1 heterocycles. The first kappa shape index (κ1) is 14.7. The standard InChI is InChI=1S/C14H28N2O/c1-6-15-13(9-11(2)3)14-10-16(12(4)5)7-8-17-14/h9,12-15H,6-8,10H2,1-5H3. The minimum absolute atomic E-state index is 0.279. The van der Waals surface area contributed by atoms with Gasteiger partial charge in [0.05, 0.1) is 18.8 Å². The Morgan fingerprint density at radius 1 is 1.47 bits per heavy atom. The van der Waals surface area contributed by atoms with Gasteiger partial charge in [0.2, 0.25) is 0 Å². The molecular weight excluding hydrogens is 212 g/mol. The first-order chi connectivity index (χ1) is 8.04. The molecule has 1 rings (SSSR count). The molecule has 3 nitrogen and oxygen atoms in total. The largest absolute Gasteiger partial charge is 0.374 e. The van der Waals surface area contributed by atoms with Gasteiger partial charge in [0.15, 0.2) is 0 Å². The Kier molecular flexibility index (Phi) is 6.17. The second-order valence-corrected chi connectivity index (χ2v) is 5.33. The first-order valence-electron chi connectivity index (χ1n) is 6.78. The summed E-state index contributed by atoms with van der Waals surface area (Å²) in [6.07, 6.45) is 2.57. The first-order valence-corrected chi connectivity index (χ1v) is 6.78. The molecule has 100 valence electrons. The molecule has 0 aromatic carbocycles. The summed E-state index contributed by atoms with van der Waals surface area (Å²) in [7, 11) is 0. The highest BCUT2D eigenvalue weighted by molar-refractivity contribution is 5.05. The average Bonchev–Trinajstić information content (AvgIpc) is 2.28. The number of hydrogen-bond donors (Lipinski definition) is 1. The van der Waals surface area contributed by atoms with Gasteiger partial charge in [-0.05, 0) is 34.2 Å². The predicted octanol–water partition coefficient (Wildman–Crippen LogP) is 2.04. The van der Waals surface area contributed by atoms with Gasteiger partial charge in [-0.15, -0.1) is 0 Å². The predicted molar refractivity (Wildman–Crippen MR) is 73.3 cm³/mol. The summed E-state index contributed by atoms with van der Waals surface area (Å²) in [5.74, 6) is 0. The third-order valence-corrected chi connectivity index (χ3v) is 3.21. The van der Waals surface area contributed by atoms with E-state index in [1.165, 1.54) is 5.57 Å². The van der Waals surface area contributed by atoms with Crippen LogP contribution in [0.15, 0.2) is 11.6 Å². The second kappa shape index (κ2) is 7.14. The Balaban J connectivity index is 2.63. The van der Waals surface area contributed by atoms with E-state index in [2.05, 4.69) is 50.9 Å². The number of morpholine rings is 1. The van der Waals surface area contributed by atoms with Crippen molar-refractivity contribution in [2.75, 3.05) is 26.2 Å². The van der Waals surface area contributed by atoms with Crippen molar-refractivity contribution in [3.8, 4) is 0 Å². The molecule has 0 aliphatic carbocycles. The van der Waals surface area contributed by atoms with Crippen LogP contribution in [-0.2, 0) is 4.74 Å². The van der Waals surface area contributed by atoms with Crippen LogP contribution in [0.3, 0.4) is 0 Å². The third-order valence-electron chi connectivity index (χ3n) is 3.21. The van der Waals surface area contributed by atoms with Crippen LogP contribution in [0.25, 0.3) is 0 Å². The van der Waals surface area contributed by atoms with Crippen molar-refractivity contribution in [1.29, 1.82) is 0 Å². The molecule has 0 radical (unpaired) electrons. The van der Waals surface area contributed by atoms with Crippen LogP contribution in [0.4, 0.5) is 0 Å². The lowest BCUT2D eigenvalue weighted by atomic mass is 10.1. The average molecular weight is 240 g/mol. The molecule has 2 atom stereocenters. The maximum atomic E-state index is 5.93. The Bertz CT molecular complexity index is 247. The van der Waals surface area contributed by atoms with E-state index in [9.17, 15) is 0 Å². The fraction of sp³-hybridized carbons (Fsp3) is 0.857. The van der Waals surface area contributed by atoms with Gasteiger partial charge < -0.3 is 10.1 Å². The number of nitrogens with one attached hydrogen (secondary N) is 1. The smallest absolute Gasteiger partial charge is 0.0891 e. The summed E-state index contributed by atoms with van der Waals surface area (Å²) in [4.78, 5) is 2.50. The maximum absolute atomic E-state index is 5.93. The Labute approximate surface area is 106 Å². The number of nitrogens with zero attached hydrogens (tertiary/aromatic N) is 1. The van der Waals surface area contributed by atoms with Gasteiger partial charge in [-0.1, -0.05) is 18.6 Å². The monoisotopic (exact) mass is 240 g/mol. The fourth-order valence-corrected chi connectivity index (χ4v) is 2.28. The normalized spacial score (nSPS) is 23.8. The molecule has 0 spiro atoms. The molecule has 1 aliphatic rings. The van der Waals surface area contributed by atoms with E-state index in [0.717, 1.165) is 26.2 Å². The van der Waals surface area contributed by atoms with Crippen molar-refractivity contribution in [2.24, 2.45) is 0 Å². The Hall–Kier alpha value is -0.380. The van der Waals surface area contributed by atoms with Crippen LogP contribution < -0.4 is 5.32 Å². The summed E-state index contributed by atoms with van der Waals surface area (Å²) in [6.45, 7) is 14.9. The summed E-state index contributed by atoms with van der Waals surface area (Å²) in [5.41, 5.74) is 1.35. The number of rotatable bonds is 5. The van der Waals surface area contributed by atoms with Gasteiger partial charge in [0.1, 0.15) is 0 Å². The van der Waals surface area contributed by atoms with E-state index < -0.39 is 0 Å². The van der Waals surface area contributed by atoms with Crippen molar-refractivity contribution < 1.29 is 4.74 Å². The second-order valence-electron chi connectivity index (χ2n) is 5.33. The van der Waals surface area contributed by atoms with E-state index in [0.29, 0.717) is 12.1 Å². The van der Waals surface area contributed by atoms with Crippen molar-refractivity contribution in [2.45, 2.75) is 52.8 Å². The molecule has 1 aliphatic heterocycles. The number of hydrogen-bond acceptors (Lipinski definition) is 3. The van der Waals surface area contributed by atoms with E-state index in [1.807, 2.05) is 0 Å². The van der Waals surface area contributed by atoms with Crippen molar-refractivity contribution in [3.63, 3.8) is 0 Å². The molecular formula is C14H28N2O. The van der Waals surface area contributed by atoms with Crippen LogP contribution in [0.5, 0.6) is 0 Å². The van der Waals surface area contributed by atoms with Gasteiger partial charge >= 0.3 is 0 Å². The molecule has 0 aromatic heterocycles. The van der Waals surface area contributed by atoms with Crippen LogP contribution in [-0.4, -0.2) is 49.3 Å². The summed E-state index contributed by atoms with van der Waals surface area (Å²) in [6, 6.07) is 0.946. The highest BCUT2D eigenvalue weighted by Crippen LogP contribution is 2.13. The Morgan fingerprint density at radius 3 is 2.71 bits per heavy atom. The van der Waals surface area contributed by atoms with Gasteiger partial charge in [-0.3, -0.25) is 4.90 Å². The van der Waals surface area contributed by atoms with Gasteiger partial charge in [0, 0.05) is 19.1 Å². The zero-order valence-corrected chi connectivity index (χ0v) is 12.0. The van der Waals surface area contributed by atoms with Gasteiger partial charge in [-0.25, -0.2) is 0 Å². The fourth-order valence-electron chi connectivity index (χ4n) is 2.28. The molecule has 0 saturated carbocycles. The lowest BCUT2D eigenvalue weighted by Crippen LogP contribution is -2.53. The molecule has 1 N–H and O–H groups in total. The number of likely N-dealkylation sites (N-methyl/N-ethyl adjacent to an activating group) is 1. The zero-order valence-electron chi connectivity index (χ0n) is 12.0. The number of allylic oxidation sites excluding steroid dienone is 1. The zero-order chi connectivity index (χ0) is 12.8. The van der Waals surface area contributed by atoms with E-state index in [1.54, 1.807) is 0 Å². The topological polar surface area (TPSA) is 24.5 Å². The van der Waals surface area contributed by atoms with Crippen LogP contribution >= 0.6 is 0 Å². The van der Waals surface area contributed by atoms with E-state index in [-0.39, 0.29) is 6.10 Å². The highest BCUT2D eigenvalue weighted by Gasteiger charge is 2.27. The molecule has 1 fully saturated rings. The van der Waals surface area contributed by atoms with Crippen LogP contribution in [0.1, 0.15) is 34.6 Å². The quantitative estimate of drug-likeness (QED) is 0.744. The van der Waals surface area contributed by atoms with Crippen LogP contribution in [0, 0.1) is 0 Å². The summed E-state index contributed by atoms with van der Waals surface area (Å²) >= 11 is 0. The van der Waals surface area contributed by atoms with Crippen molar-refractivity contribution >= 4 is 0 Å². The minimum atomic E-state index is 0.279. The number of ether oxygens (including phenoxy) is 1. The molecule has 2 unspecified atom stereocenters. The van der Waals surface area contributed by atoms with Gasteiger partial charge in [-0.2, -0.15) is 0 Å². The SMILES string of the molecule is CCNC(C=C(C)C)C1CN(C(C)C)CCO1. The maximum Gasteiger partial charge on any atom is 0.0891 e.